The van der Waals surface area contributed by atoms with Gasteiger partial charge in [-0.1, -0.05) is 26.0 Å². The highest BCUT2D eigenvalue weighted by Gasteiger charge is 2.18. The number of benzene rings is 1. The van der Waals surface area contributed by atoms with Crippen LogP contribution in [0.25, 0.3) is 0 Å². The Balaban J connectivity index is 3.01. The van der Waals surface area contributed by atoms with Gasteiger partial charge < -0.3 is 4.74 Å². The maximum absolute atomic E-state index is 13.4. The number of halogens is 1. The van der Waals surface area contributed by atoms with E-state index in [-0.39, 0.29) is 0 Å². The molecule has 0 spiro atoms. The fourth-order valence-electron chi connectivity index (χ4n) is 1.35. The first-order valence-electron chi connectivity index (χ1n) is 5.28. The largest absolute Gasteiger partial charge is 0.467 e. The monoisotopic (exact) mass is 208 g/mol. The van der Waals surface area contributed by atoms with E-state index in [0.29, 0.717) is 11.7 Å². The number of aryl methyl sites for hydroxylation is 1. The highest BCUT2D eigenvalue weighted by Crippen LogP contribution is 2.26. The molecule has 15 heavy (non-hydrogen) atoms. The normalized spacial score (nSPS) is 15.1. The molecule has 0 heterocycles. The van der Waals surface area contributed by atoms with Crippen LogP contribution in [0.4, 0.5) is 4.39 Å². The van der Waals surface area contributed by atoms with E-state index >= 15 is 0 Å². The molecule has 0 bridgehead atoms. The van der Waals surface area contributed by atoms with E-state index in [2.05, 4.69) is 19.9 Å². The molecule has 0 amide bonds. The van der Waals surface area contributed by atoms with E-state index < -0.39 is 5.75 Å². The van der Waals surface area contributed by atoms with Gasteiger partial charge in [-0.2, -0.15) is 0 Å². The third kappa shape index (κ3) is 3.58. The van der Waals surface area contributed by atoms with Gasteiger partial charge in [-0.3, -0.25) is 0 Å². The van der Waals surface area contributed by atoms with Crippen LogP contribution in [0.3, 0.4) is 0 Å². The summed E-state index contributed by atoms with van der Waals surface area (Å²) in [6.07, 6.45) is 0. The summed E-state index contributed by atoms with van der Waals surface area (Å²) in [7, 11) is 1.41. The summed E-state index contributed by atoms with van der Waals surface area (Å²) in [5, 5.41) is 0. The lowest BCUT2D eigenvalue weighted by molar-refractivity contribution is 0.0383. The first kappa shape index (κ1) is 12.1. The quantitative estimate of drug-likeness (QED) is 0.694. The molecular formula is C12H18BFO. The smallest absolute Gasteiger partial charge is 0.202 e. The lowest BCUT2D eigenvalue weighted by Gasteiger charge is -2.20. The van der Waals surface area contributed by atoms with Crippen molar-refractivity contribution in [2.45, 2.75) is 39.4 Å². The maximum atomic E-state index is 13.4. The molecule has 0 saturated carbocycles. The highest BCUT2D eigenvalue weighted by atomic mass is 19.2. The van der Waals surface area contributed by atoms with Crippen LogP contribution in [0, 0.1) is 6.92 Å². The van der Waals surface area contributed by atoms with E-state index in [0.717, 1.165) is 5.56 Å². The summed E-state index contributed by atoms with van der Waals surface area (Å²) >= 11 is 0. The maximum Gasteiger partial charge on any atom is 0.202 e. The van der Waals surface area contributed by atoms with E-state index in [1.54, 1.807) is 0 Å². The second-order valence-corrected chi connectivity index (χ2v) is 4.65. The minimum Gasteiger partial charge on any atom is -0.467 e. The molecule has 0 fully saturated rings. The summed E-state index contributed by atoms with van der Waals surface area (Å²) in [6, 6.07) is 5.94. The van der Waals surface area contributed by atoms with Crippen molar-refractivity contribution in [1.29, 1.82) is 0 Å². The summed E-state index contributed by atoms with van der Waals surface area (Å²) in [6.45, 7) is 7.55. The van der Waals surface area contributed by atoms with Crippen molar-refractivity contribution in [1.82, 2.24) is 0 Å². The van der Waals surface area contributed by atoms with Crippen LogP contribution < -0.4 is 4.74 Å². The molecule has 1 atom stereocenters. The first-order chi connectivity index (χ1) is 6.79. The van der Waals surface area contributed by atoms with Crippen LogP contribution in [0.5, 0.6) is 5.75 Å². The molecule has 1 rings (SSSR count). The van der Waals surface area contributed by atoms with Gasteiger partial charge in [0.05, 0.1) is 0 Å². The third-order valence-electron chi connectivity index (χ3n) is 2.23. The summed E-state index contributed by atoms with van der Waals surface area (Å²) in [5.74, 6) is -0.565. The van der Waals surface area contributed by atoms with Crippen molar-refractivity contribution in [2.75, 3.05) is 0 Å². The first-order valence-corrected chi connectivity index (χ1v) is 5.28. The van der Waals surface area contributed by atoms with E-state index in [1.165, 1.54) is 20.3 Å². The Hall–Kier alpha value is -0.985. The van der Waals surface area contributed by atoms with Crippen molar-refractivity contribution in [2.24, 2.45) is 0 Å². The standard InChI is InChI=1S/C12H18BFO/c1-8(2)10-6-5-9(3)11(7-10)15-12(4,13)14/h5-8H,13H2,1-4H3. The highest BCUT2D eigenvalue weighted by molar-refractivity contribution is 6.13. The fraction of sp³-hybridized carbons (Fsp3) is 0.500. The van der Waals surface area contributed by atoms with Crippen molar-refractivity contribution in [3.8, 4) is 5.75 Å². The molecule has 1 aromatic carbocycles. The van der Waals surface area contributed by atoms with Crippen molar-refractivity contribution in [3.05, 3.63) is 29.3 Å². The summed E-state index contributed by atoms with van der Waals surface area (Å²) in [5.41, 5.74) is 2.13. The summed E-state index contributed by atoms with van der Waals surface area (Å²) < 4.78 is 18.6. The number of alkyl halides is 1. The lowest BCUT2D eigenvalue weighted by atomic mass is 9.98. The van der Waals surface area contributed by atoms with Crippen LogP contribution >= 0.6 is 0 Å². The Labute approximate surface area is 92.1 Å². The van der Waals surface area contributed by atoms with Gasteiger partial charge in [-0.15, -0.1) is 0 Å². The SMILES string of the molecule is BC(C)(F)Oc1cc(C(C)C)ccc1C. The van der Waals surface area contributed by atoms with Gasteiger partial charge in [0, 0.05) is 0 Å². The lowest BCUT2D eigenvalue weighted by Crippen LogP contribution is -2.26. The second-order valence-electron chi connectivity index (χ2n) is 4.65. The van der Waals surface area contributed by atoms with Crippen LogP contribution in [-0.4, -0.2) is 13.6 Å². The van der Waals surface area contributed by atoms with Crippen molar-refractivity contribution >= 4 is 7.85 Å². The number of hydrogen-bond acceptors (Lipinski definition) is 1. The zero-order chi connectivity index (χ0) is 11.6. The molecule has 0 N–H and O–H groups in total. The fourth-order valence-corrected chi connectivity index (χ4v) is 1.35. The number of rotatable bonds is 3. The Morgan fingerprint density at radius 2 is 2.00 bits per heavy atom. The second kappa shape index (κ2) is 4.25. The molecule has 3 heteroatoms. The van der Waals surface area contributed by atoms with Crippen LogP contribution in [0.15, 0.2) is 18.2 Å². The van der Waals surface area contributed by atoms with Crippen molar-refractivity contribution in [3.63, 3.8) is 0 Å². The van der Waals surface area contributed by atoms with Crippen LogP contribution in [0.1, 0.15) is 37.8 Å². The Bertz CT molecular complexity index is 342. The molecule has 1 nitrogen and oxygen atoms in total. The minimum absolute atomic E-state index is 0.427. The molecule has 82 valence electrons. The molecule has 1 aromatic rings. The molecule has 0 aliphatic heterocycles. The number of hydrogen-bond donors (Lipinski definition) is 0. The predicted octanol–water partition coefficient (Wildman–Crippen LogP) is 2.77. The minimum atomic E-state index is -1.62. The zero-order valence-corrected chi connectivity index (χ0v) is 10.1. The molecule has 0 aromatic heterocycles. The van der Waals surface area contributed by atoms with Gasteiger partial charge in [0.1, 0.15) is 5.75 Å². The average molecular weight is 208 g/mol. The molecule has 0 aliphatic rings. The molecule has 0 aliphatic carbocycles. The van der Waals surface area contributed by atoms with Gasteiger partial charge >= 0.3 is 0 Å². The zero-order valence-electron chi connectivity index (χ0n) is 10.1. The average Bonchev–Trinajstić information content (AvgIpc) is 2.06. The third-order valence-corrected chi connectivity index (χ3v) is 2.23. The van der Waals surface area contributed by atoms with E-state index in [1.807, 2.05) is 19.1 Å². The van der Waals surface area contributed by atoms with Crippen LogP contribution in [0.2, 0.25) is 0 Å². The Kier molecular flexibility index (Phi) is 3.43. The molecule has 1 unspecified atom stereocenters. The molecule has 0 radical (unpaired) electrons. The van der Waals surface area contributed by atoms with E-state index in [9.17, 15) is 4.39 Å². The van der Waals surface area contributed by atoms with E-state index in [4.69, 9.17) is 4.74 Å². The van der Waals surface area contributed by atoms with Gasteiger partial charge in [0.2, 0.25) is 13.6 Å². The Morgan fingerprint density at radius 1 is 1.40 bits per heavy atom. The topological polar surface area (TPSA) is 9.23 Å². The molecule has 0 saturated heterocycles. The predicted molar refractivity (Wildman–Crippen MR) is 64.0 cm³/mol. The van der Waals surface area contributed by atoms with Crippen molar-refractivity contribution < 1.29 is 9.13 Å². The van der Waals surface area contributed by atoms with Gasteiger partial charge in [-0.05, 0) is 37.0 Å². The van der Waals surface area contributed by atoms with Gasteiger partial charge in [0.15, 0.2) is 0 Å². The van der Waals surface area contributed by atoms with Gasteiger partial charge in [0.25, 0.3) is 0 Å². The number of ether oxygens (including phenoxy) is 1. The Morgan fingerprint density at radius 3 is 2.47 bits per heavy atom. The van der Waals surface area contributed by atoms with Crippen LogP contribution in [-0.2, 0) is 0 Å². The van der Waals surface area contributed by atoms with Gasteiger partial charge in [-0.25, -0.2) is 4.39 Å². The summed E-state index contributed by atoms with van der Waals surface area (Å²) in [4.78, 5) is 0. The molecular weight excluding hydrogens is 190 g/mol.